The van der Waals surface area contributed by atoms with E-state index < -0.39 is 8.07 Å². The smallest absolute Gasteiger partial charge is 0.216 e. The third-order valence-corrected chi connectivity index (χ3v) is 11.9. The van der Waals surface area contributed by atoms with E-state index >= 15 is 0 Å². The van der Waals surface area contributed by atoms with Gasteiger partial charge in [0.1, 0.15) is 0 Å². The minimum Gasteiger partial charge on any atom is -0.486 e. The van der Waals surface area contributed by atoms with Gasteiger partial charge in [-0.2, -0.15) is 0 Å². The number of nitrogens with zero attached hydrogens (tertiary/aromatic N) is 4. The van der Waals surface area contributed by atoms with Gasteiger partial charge in [0.05, 0.1) is 36.2 Å². The number of benzene rings is 5. The summed E-state index contributed by atoms with van der Waals surface area (Å²) in [6, 6.07) is 54.0. The molecule has 281 valence electrons. The van der Waals surface area contributed by atoms with Gasteiger partial charge in [-0.25, -0.2) is 4.98 Å². The number of imidazole rings is 1. The molecule has 4 heterocycles. The van der Waals surface area contributed by atoms with E-state index in [1.54, 1.807) is 0 Å². The molecule has 56 heavy (non-hydrogen) atoms. The van der Waals surface area contributed by atoms with Crippen molar-refractivity contribution in [3.63, 3.8) is 0 Å². The van der Waals surface area contributed by atoms with Gasteiger partial charge in [0.15, 0.2) is 0 Å². The summed E-state index contributed by atoms with van der Waals surface area (Å²) in [5.41, 5.74) is 11.0. The van der Waals surface area contributed by atoms with Crippen LogP contribution in [0.4, 0.5) is 0 Å². The van der Waals surface area contributed by atoms with E-state index in [4.69, 9.17) is 14.4 Å². The van der Waals surface area contributed by atoms with Crippen LogP contribution in [0.2, 0.25) is 19.6 Å². The standard InChI is InChI=1S/C31H20N3O.C18H24NSi.Ir/c1-3-10-21(11-4-1)20-34-28-17-8-7-16-27(28)32-30(34)25-15-9-14-23-24-18-19-26(22-12-5-2-6-13-22)33-31(24)35-29(23)25;1-14(2)11-16-12-17(15-9-7-6-8-10-15)19-13-18(16)20(3,4)5;/h1-14,16-19H,20H2;6-9,12-14H,11H2,1-5H3;/q2*-1;. The van der Waals surface area contributed by atoms with Crippen molar-refractivity contribution < 1.29 is 24.5 Å². The second-order valence-corrected chi connectivity index (χ2v) is 20.5. The van der Waals surface area contributed by atoms with Gasteiger partial charge in [0.2, 0.25) is 5.71 Å². The molecule has 1 radical (unpaired) electrons. The van der Waals surface area contributed by atoms with E-state index in [0.717, 1.165) is 67.7 Å². The first kappa shape index (κ1) is 38.8. The van der Waals surface area contributed by atoms with Crippen molar-refractivity contribution in [3.05, 3.63) is 169 Å². The van der Waals surface area contributed by atoms with Gasteiger partial charge in [-0.1, -0.05) is 129 Å². The predicted octanol–water partition coefficient (Wildman–Crippen LogP) is 11.8. The van der Waals surface area contributed by atoms with Gasteiger partial charge in [-0.15, -0.1) is 54.1 Å². The molecule has 9 rings (SSSR count). The second-order valence-electron chi connectivity index (χ2n) is 15.5. The number of para-hydroxylation sites is 2. The van der Waals surface area contributed by atoms with Crippen molar-refractivity contribution in [1.29, 1.82) is 0 Å². The monoisotopic (exact) mass is 925 g/mol. The molecule has 4 aromatic heterocycles. The number of rotatable bonds is 8. The fourth-order valence-corrected chi connectivity index (χ4v) is 8.82. The Bertz CT molecular complexity index is 2720. The summed E-state index contributed by atoms with van der Waals surface area (Å²) in [5, 5.41) is 3.49. The van der Waals surface area contributed by atoms with Crippen LogP contribution < -0.4 is 5.19 Å². The van der Waals surface area contributed by atoms with Crippen LogP contribution in [0.15, 0.2) is 150 Å². The molecule has 9 aromatic rings. The van der Waals surface area contributed by atoms with Crippen LogP contribution in [0.1, 0.15) is 25.0 Å². The largest absolute Gasteiger partial charge is 0.486 e. The molecule has 5 nitrogen and oxygen atoms in total. The van der Waals surface area contributed by atoms with Gasteiger partial charge in [0.25, 0.3) is 0 Å². The van der Waals surface area contributed by atoms with Crippen LogP contribution in [0.3, 0.4) is 0 Å². The average Bonchev–Trinajstić information content (AvgIpc) is 3.76. The molecule has 0 spiro atoms. The first-order valence-corrected chi connectivity index (χ1v) is 22.5. The molecule has 0 amide bonds. The third kappa shape index (κ3) is 8.22. The van der Waals surface area contributed by atoms with Crippen molar-refractivity contribution in [2.24, 2.45) is 5.92 Å². The number of hydrogen-bond donors (Lipinski definition) is 0. The summed E-state index contributed by atoms with van der Waals surface area (Å²) in [7, 11) is -1.34. The number of fused-ring (bicyclic) bond motifs is 4. The summed E-state index contributed by atoms with van der Waals surface area (Å²) in [4.78, 5) is 14.5. The Morgan fingerprint density at radius 1 is 0.714 bits per heavy atom. The summed E-state index contributed by atoms with van der Waals surface area (Å²) < 4.78 is 8.65. The fraction of sp³-hybridized carbons (Fsp3) is 0.163. The Hall–Kier alpha value is -5.46. The van der Waals surface area contributed by atoms with Gasteiger partial charge in [-0.05, 0) is 53.0 Å². The van der Waals surface area contributed by atoms with E-state index in [2.05, 4.69) is 128 Å². The Morgan fingerprint density at radius 2 is 1.45 bits per heavy atom. The maximum absolute atomic E-state index is 6.41. The quantitative estimate of drug-likeness (QED) is 0.113. The SMILES string of the molecule is CC(C)Cc1cc(-c2[c-]cccc2)ncc1[Si](C)(C)C.[Ir].[c-]1ccc2c(oc3nc(-c4ccccc4)ccc32)c1-c1nc2ccccc2n1Cc1ccccc1. The minimum absolute atomic E-state index is 0. The van der Waals surface area contributed by atoms with Crippen molar-refractivity contribution in [1.82, 2.24) is 19.5 Å². The first-order valence-electron chi connectivity index (χ1n) is 19.0. The van der Waals surface area contributed by atoms with E-state index in [-0.39, 0.29) is 20.1 Å². The second kappa shape index (κ2) is 16.7. The summed E-state index contributed by atoms with van der Waals surface area (Å²) in [6.45, 7) is 12.4. The van der Waals surface area contributed by atoms with Crippen LogP contribution in [-0.2, 0) is 33.1 Å². The zero-order valence-electron chi connectivity index (χ0n) is 32.4. The molecule has 0 aliphatic rings. The summed E-state index contributed by atoms with van der Waals surface area (Å²) >= 11 is 0. The van der Waals surface area contributed by atoms with Crippen molar-refractivity contribution >= 4 is 46.4 Å². The Morgan fingerprint density at radius 3 is 2.18 bits per heavy atom. The van der Waals surface area contributed by atoms with Gasteiger partial charge < -0.3 is 14.0 Å². The first-order chi connectivity index (χ1) is 26.7. The van der Waals surface area contributed by atoms with Crippen LogP contribution in [0, 0.1) is 18.1 Å². The van der Waals surface area contributed by atoms with Gasteiger partial charge in [-0.3, -0.25) is 4.98 Å². The molecular weight excluding hydrogens is 881 g/mol. The van der Waals surface area contributed by atoms with E-state index in [0.29, 0.717) is 18.2 Å². The van der Waals surface area contributed by atoms with Crippen LogP contribution >= 0.6 is 0 Å². The molecule has 0 saturated carbocycles. The van der Waals surface area contributed by atoms with Gasteiger partial charge >= 0.3 is 0 Å². The van der Waals surface area contributed by atoms with E-state index in [1.807, 2.05) is 72.8 Å². The molecular formula is C49H44IrN4OSi-2. The molecule has 7 heteroatoms. The fourth-order valence-electron chi connectivity index (χ4n) is 7.23. The number of aromatic nitrogens is 4. The topological polar surface area (TPSA) is 56.7 Å². The zero-order chi connectivity index (χ0) is 37.9. The summed E-state index contributed by atoms with van der Waals surface area (Å²) in [6.07, 6.45) is 3.24. The number of furan rings is 1. The van der Waals surface area contributed by atoms with Crippen LogP contribution in [0.5, 0.6) is 0 Å². The Kier molecular flexibility index (Phi) is 11.6. The van der Waals surface area contributed by atoms with Crippen molar-refractivity contribution in [2.45, 2.75) is 46.5 Å². The molecule has 0 aliphatic heterocycles. The maximum Gasteiger partial charge on any atom is 0.216 e. The molecule has 0 aliphatic carbocycles. The average molecular weight is 925 g/mol. The molecule has 0 N–H and O–H groups in total. The molecule has 0 atom stereocenters. The molecule has 5 aromatic carbocycles. The zero-order valence-corrected chi connectivity index (χ0v) is 35.8. The summed E-state index contributed by atoms with van der Waals surface area (Å²) in [5.74, 6) is 1.50. The van der Waals surface area contributed by atoms with E-state index in [9.17, 15) is 0 Å². The van der Waals surface area contributed by atoms with Crippen LogP contribution in [-0.4, -0.2) is 27.6 Å². The van der Waals surface area contributed by atoms with Crippen molar-refractivity contribution in [2.75, 3.05) is 0 Å². The van der Waals surface area contributed by atoms with Gasteiger partial charge in [0, 0.05) is 43.8 Å². The third-order valence-electron chi connectivity index (χ3n) is 9.84. The molecule has 0 bridgehead atoms. The molecule has 0 unspecified atom stereocenters. The van der Waals surface area contributed by atoms with E-state index in [1.165, 1.54) is 16.3 Å². The molecule has 0 saturated heterocycles. The maximum atomic E-state index is 6.41. The van der Waals surface area contributed by atoms with Crippen LogP contribution in [0.25, 0.3) is 67.0 Å². The van der Waals surface area contributed by atoms with Crippen molar-refractivity contribution in [3.8, 4) is 33.9 Å². The predicted molar refractivity (Wildman–Crippen MR) is 230 cm³/mol. The number of pyridine rings is 2. The number of hydrogen-bond acceptors (Lipinski definition) is 4. The Labute approximate surface area is 343 Å². The minimum atomic E-state index is -1.34. The molecule has 0 fully saturated rings. The normalized spacial score (nSPS) is 11.5. The Balaban J connectivity index is 0.000000197.